The van der Waals surface area contributed by atoms with Crippen molar-refractivity contribution in [3.05, 3.63) is 52.5 Å². The second kappa shape index (κ2) is 7.19. The van der Waals surface area contributed by atoms with Crippen LogP contribution in [0.25, 0.3) is 0 Å². The molecule has 6 heteroatoms. The van der Waals surface area contributed by atoms with Crippen molar-refractivity contribution in [2.45, 2.75) is 25.5 Å². The minimum absolute atomic E-state index is 0.212. The number of rotatable bonds is 5. The zero-order valence-electron chi connectivity index (χ0n) is 11.5. The number of carbonyl (C=O) groups excluding carboxylic acids is 1. The SMILES string of the molecule is CC(CC(O)c1cccs1)NC(=O)Nc1cccc(F)c1. The van der Waals surface area contributed by atoms with E-state index in [1.54, 1.807) is 6.07 Å². The topological polar surface area (TPSA) is 61.4 Å². The van der Waals surface area contributed by atoms with Crippen LogP contribution in [0.3, 0.4) is 0 Å². The number of urea groups is 1. The van der Waals surface area contributed by atoms with E-state index >= 15 is 0 Å². The fraction of sp³-hybridized carbons (Fsp3) is 0.267. The first-order chi connectivity index (χ1) is 10.0. The first kappa shape index (κ1) is 15.5. The third-order valence-electron chi connectivity index (χ3n) is 2.91. The summed E-state index contributed by atoms with van der Waals surface area (Å²) in [5, 5.41) is 17.2. The van der Waals surface area contributed by atoms with Crippen LogP contribution in [0.2, 0.25) is 0 Å². The number of thiophene rings is 1. The fourth-order valence-electron chi connectivity index (χ4n) is 1.95. The molecule has 2 rings (SSSR count). The van der Waals surface area contributed by atoms with Crippen LogP contribution in [-0.4, -0.2) is 17.2 Å². The lowest BCUT2D eigenvalue weighted by Gasteiger charge is -2.17. The molecule has 0 aliphatic rings. The molecule has 0 radical (unpaired) electrons. The third kappa shape index (κ3) is 4.84. The molecule has 0 spiro atoms. The molecule has 2 unspecified atom stereocenters. The molecule has 21 heavy (non-hydrogen) atoms. The normalized spacial score (nSPS) is 13.5. The standard InChI is InChI=1S/C15H17FN2O2S/c1-10(8-13(19)14-6-3-7-21-14)17-15(20)18-12-5-2-4-11(16)9-12/h2-7,9-10,13,19H,8H2,1H3,(H2,17,18,20). The van der Waals surface area contributed by atoms with Gasteiger partial charge in [-0.3, -0.25) is 0 Å². The van der Waals surface area contributed by atoms with Gasteiger partial charge in [-0.25, -0.2) is 9.18 Å². The van der Waals surface area contributed by atoms with Gasteiger partial charge in [0.25, 0.3) is 0 Å². The maximum atomic E-state index is 13.0. The zero-order chi connectivity index (χ0) is 15.2. The van der Waals surface area contributed by atoms with Gasteiger partial charge in [0.1, 0.15) is 5.82 Å². The van der Waals surface area contributed by atoms with Gasteiger partial charge in [0.15, 0.2) is 0 Å². The maximum Gasteiger partial charge on any atom is 0.319 e. The minimum atomic E-state index is -0.602. The van der Waals surface area contributed by atoms with Gasteiger partial charge >= 0.3 is 6.03 Å². The Morgan fingerprint density at radius 3 is 2.86 bits per heavy atom. The molecule has 0 aliphatic carbocycles. The van der Waals surface area contributed by atoms with Gasteiger partial charge in [-0.15, -0.1) is 11.3 Å². The predicted molar refractivity (Wildman–Crippen MR) is 81.9 cm³/mol. The highest BCUT2D eigenvalue weighted by Crippen LogP contribution is 2.22. The molecule has 0 saturated carbocycles. The summed E-state index contributed by atoms with van der Waals surface area (Å²) in [4.78, 5) is 12.6. The van der Waals surface area contributed by atoms with Crippen molar-refractivity contribution >= 4 is 23.1 Å². The minimum Gasteiger partial charge on any atom is -0.387 e. The summed E-state index contributed by atoms with van der Waals surface area (Å²) in [7, 11) is 0. The maximum absolute atomic E-state index is 13.0. The highest BCUT2D eigenvalue weighted by molar-refractivity contribution is 7.10. The Kier molecular flexibility index (Phi) is 5.30. The Morgan fingerprint density at radius 1 is 1.38 bits per heavy atom. The fourth-order valence-corrected chi connectivity index (χ4v) is 2.67. The summed E-state index contributed by atoms with van der Waals surface area (Å²) in [6.45, 7) is 1.81. The van der Waals surface area contributed by atoms with E-state index < -0.39 is 18.0 Å². The summed E-state index contributed by atoms with van der Waals surface area (Å²) in [5.74, 6) is -0.408. The second-order valence-electron chi connectivity index (χ2n) is 4.78. The molecule has 4 nitrogen and oxygen atoms in total. The summed E-state index contributed by atoms with van der Waals surface area (Å²) in [6, 6.07) is 8.77. The molecular formula is C15H17FN2O2S. The largest absolute Gasteiger partial charge is 0.387 e. The van der Waals surface area contributed by atoms with E-state index in [2.05, 4.69) is 10.6 Å². The third-order valence-corrected chi connectivity index (χ3v) is 3.88. The molecule has 0 aliphatic heterocycles. The number of hydrogen-bond donors (Lipinski definition) is 3. The van der Waals surface area contributed by atoms with Crippen molar-refractivity contribution in [3.8, 4) is 0 Å². The molecule has 0 saturated heterocycles. The molecule has 1 aromatic heterocycles. The van der Waals surface area contributed by atoms with Crippen molar-refractivity contribution in [2.24, 2.45) is 0 Å². The van der Waals surface area contributed by atoms with Crippen molar-refractivity contribution in [2.75, 3.05) is 5.32 Å². The highest BCUT2D eigenvalue weighted by atomic mass is 32.1. The Bertz CT molecular complexity index is 589. The molecule has 2 amide bonds. The number of aliphatic hydroxyl groups is 1. The van der Waals surface area contributed by atoms with Crippen LogP contribution >= 0.6 is 11.3 Å². The number of hydrogen-bond acceptors (Lipinski definition) is 3. The Balaban J connectivity index is 1.82. The van der Waals surface area contributed by atoms with Crippen molar-refractivity contribution in [1.82, 2.24) is 5.32 Å². The number of carbonyl (C=O) groups is 1. The van der Waals surface area contributed by atoms with Gasteiger partial charge in [-0.05, 0) is 43.0 Å². The second-order valence-corrected chi connectivity index (χ2v) is 5.76. The van der Waals surface area contributed by atoms with Crippen LogP contribution in [0.5, 0.6) is 0 Å². The van der Waals surface area contributed by atoms with Gasteiger partial charge in [-0.2, -0.15) is 0 Å². The van der Waals surface area contributed by atoms with Crippen LogP contribution < -0.4 is 10.6 Å². The van der Waals surface area contributed by atoms with Crippen LogP contribution in [0.15, 0.2) is 41.8 Å². The van der Waals surface area contributed by atoms with E-state index in [-0.39, 0.29) is 6.04 Å². The van der Waals surface area contributed by atoms with E-state index in [1.165, 1.54) is 29.5 Å². The van der Waals surface area contributed by atoms with Gasteiger partial charge in [0.05, 0.1) is 6.10 Å². The van der Waals surface area contributed by atoms with Gasteiger partial charge in [0.2, 0.25) is 0 Å². The van der Waals surface area contributed by atoms with Crippen molar-refractivity contribution < 1.29 is 14.3 Å². The molecule has 2 aromatic rings. The van der Waals surface area contributed by atoms with Crippen LogP contribution in [0, 0.1) is 5.82 Å². The lowest BCUT2D eigenvalue weighted by Crippen LogP contribution is -2.36. The van der Waals surface area contributed by atoms with Crippen LogP contribution in [-0.2, 0) is 0 Å². The Labute approximate surface area is 126 Å². The number of nitrogens with one attached hydrogen (secondary N) is 2. The zero-order valence-corrected chi connectivity index (χ0v) is 12.4. The quantitative estimate of drug-likeness (QED) is 0.791. The average Bonchev–Trinajstić information content (AvgIpc) is 2.91. The van der Waals surface area contributed by atoms with Gasteiger partial charge in [-0.1, -0.05) is 12.1 Å². The van der Waals surface area contributed by atoms with Crippen molar-refractivity contribution in [3.63, 3.8) is 0 Å². The van der Waals surface area contributed by atoms with E-state index in [9.17, 15) is 14.3 Å². The van der Waals surface area contributed by atoms with Crippen LogP contribution in [0.1, 0.15) is 24.3 Å². The number of aliphatic hydroxyl groups excluding tert-OH is 1. The van der Waals surface area contributed by atoms with E-state index in [4.69, 9.17) is 0 Å². The van der Waals surface area contributed by atoms with E-state index in [1.807, 2.05) is 24.4 Å². The smallest absolute Gasteiger partial charge is 0.319 e. The summed E-state index contributed by atoms with van der Waals surface area (Å²) >= 11 is 1.48. The molecule has 0 bridgehead atoms. The first-order valence-electron chi connectivity index (χ1n) is 6.59. The predicted octanol–water partition coefficient (Wildman–Crippen LogP) is 3.52. The highest BCUT2D eigenvalue weighted by Gasteiger charge is 2.15. The molecule has 3 N–H and O–H groups in total. The molecule has 112 valence electrons. The molecular weight excluding hydrogens is 291 g/mol. The molecule has 2 atom stereocenters. The average molecular weight is 308 g/mol. The number of amides is 2. The molecule has 1 heterocycles. The Hall–Kier alpha value is -1.92. The van der Waals surface area contributed by atoms with E-state index in [0.29, 0.717) is 12.1 Å². The summed E-state index contributed by atoms with van der Waals surface area (Å²) in [5.41, 5.74) is 0.388. The number of halogens is 1. The Morgan fingerprint density at radius 2 is 2.19 bits per heavy atom. The first-order valence-corrected chi connectivity index (χ1v) is 7.47. The summed E-state index contributed by atoms with van der Waals surface area (Å²) in [6.07, 6.45) is -0.189. The number of benzene rings is 1. The van der Waals surface area contributed by atoms with Gasteiger partial charge in [0, 0.05) is 16.6 Å². The van der Waals surface area contributed by atoms with Gasteiger partial charge < -0.3 is 15.7 Å². The van der Waals surface area contributed by atoms with Crippen LogP contribution in [0.4, 0.5) is 14.9 Å². The molecule has 0 fully saturated rings. The lowest BCUT2D eigenvalue weighted by molar-refractivity contribution is 0.158. The number of anilines is 1. The monoisotopic (exact) mass is 308 g/mol. The summed E-state index contributed by atoms with van der Waals surface area (Å²) < 4.78 is 13.0. The van der Waals surface area contributed by atoms with Crippen molar-refractivity contribution in [1.29, 1.82) is 0 Å². The van der Waals surface area contributed by atoms with E-state index in [0.717, 1.165) is 4.88 Å². The molecule has 1 aromatic carbocycles. The lowest BCUT2D eigenvalue weighted by atomic mass is 10.1.